The molecular formula is C70H94ClN25O29S. The summed E-state index contributed by atoms with van der Waals surface area (Å²) >= 11 is 0. The van der Waals surface area contributed by atoms with Crippen LogP contribution >= 0.6 is 12.4 Å². The number of aliphatic hydroxyl groups is 5. The van der Waals surface area contributed by atoms with Gasteiger partial charge >= 0.3 is 45.9 Å². The van der Waals surface area contributed by atoms with Crippen molar-refractivity contribution in [3.63, 3.8) is 0 Å². The summed E-state index contributed by atoms with van der Waals surface area (Å²) in [4.78, 5) is 90.4. The van der Waals surface area contributed by atoms with Crippen LogP contribution in [0.25, 0.3) is 31.3 Å². The predicted octanol–water partition coefficient (Wildman–Crippen LogP) is 6.37. The van der Waals surface area contributed by atoms with Gasteiger partial charge in [0.15, 0.2) is 17.5 Å². The van der Waals surface area contributed by atoms with Crippen LogP contribution in [0.5, 0.6) is 0 Å². The van der Waals surface area contributed by atoms with Crippen molar-refractivity contribution in [3.8, 4) is 12.3 Å². The number of rotatable bonds is 36. The lowest BCUT2D eigenvalue weighted by Crippen LogP contribution is -2.35. The van der Waals surface area contributed by atoms with Gasteiger partial charge in [-0.2, -0.15) is 8.42 Å². The van der Waals surface area contributed by atoms with E-state index in [1.807, 2.05) is 81.4 Å². The Bertz CT molecular complexity index is 4870. The van der Waals surface area contributed by atoms with Gasteiger partial charge in [0, 0.05) is 79.4 Å². The Morgan fingerprint density at radius 1 is 0.579 bits per heavy atom. The zero-order chi connectivity index (χ0) is 92.7. The first-order valence-corrected chi connectivity index (χ1v) is 38.2. The molecule has 126 heavy (non-hydrogen) atoms. The number of hydrogen-bond donors (Lipinski definition) is 5. The Morgan fingerprint density at radius 2 is 0.976 bits per heavy atom. The minimum atomic E-state index is -4.56. The summed E-state index contributed by atoms with van der Waals surface area (Å²) in [5, 5.41) is 112. The lowest BCUT2D eigenvalue weighted by molar-refractivity contribution is -0.396. The van der Waals surface area contributed by atoms with Gasteiger partial charge in [0.1, 0.15) is 106 Å². The summed E-state index contributed by atoms with van der Waals surface area (Å²) in [5.74, 6) is -1.07. The molecule has 0 amide bonds. The third kappa shape index (κ3) is 40.9. The number of carbonyl (C=O) groups excluding carboxylic acids is 3. The highest BCUT2D eigenvalue weighted by atomic mass is 35.5. The van der Waals surface area contributed by atoms with Crippen LogP contribution in [0.1, 0.15) is 95.6 Å². The van der Waals surface area contributed by atoms with E-state index >= 15 is 0 Å². The van der Waals surface area contributed by atoms with Gasteiger partial charge in [-0.05, 0) is 58.2 Å². The Labute approximate surface area is 722 Å². The fraction of sp³-hybridized carbons (Fsp3) is 0.486. The summed E-state index contributed by atoms with van der Waals surface area (Å²) in [7, 11) is -4.56. The Balaban J connectivity index is 0.000000512. The van der Waals surface area contributed by atoms with E-state index < -0.39 is 107 Å². The molecule has 2 fully saturated rings. The second-order valence-corrected chi connectivity index (χ2v) is 26.1. The van der Waals surface area contributed by atoms with Gasteiger partial charge in [-0.3, -0.25) is 28.7 Å². The van der Waals surface area contributed by atoms with Crippen LogP contribution in [0.4, 0.5) is 23.5 Å². The Kier molecular flexibility index (Phi) is 52.1. The van der Waals surface area contributed by atoms with Crippen molar-refractivity contribution in [2.75, 3.05) is 99.1 Å². The van der Waals surface area contributed by atoms with Crippen molar-refractivity contribution in [2.45, 2.75) is 128 Å². The third-order valence-electron chi connectivity index (χ3n) is 15.2. The summed E-state index contributed by atoms with van der Waals surface area (Å²) in [6.07, 6.45) is 14.9. The maximum atomic E-state index is 12.6. The Morgan fingerprint density at radius 3 is 1.37 bits per heavy atom. The van der Waals surface area contributed by atoms with Crippen LogP contribution in [-0.2, 0) is 95.7 Å². The van der Waals surface area contributed by atoms with Gasteiger partial charge in [-0.15, -0.1) is 29.0 Å². The molecule has 0 saturated carbocycles. The molecule has 3 unspecified atom stereocenters. The minimum absolute atomic E-state index is 0. The van der Waals surface area contributed by atoms with Crippen LogP contribution < -0.4 is 0 Å². The number of carbonyl (C=O) groups is 3. The van der Waals surface area contributed by atoms with Gasteiger partial charge in [-0.25, -0.2) is 23.1 Å². The molecule has 54 nitrogen and oxygen atoms in total. The highest BCUT2D eigenvalue weighted by Crippen LogP contribution is 2.28. The largest absolute Gasteiger partial charge is 0.465 e. The van der Waals surface area contributed by atoms with E-state index in [9.17, 15) is 68.4 Å². The van der Waals surface area contributed by atoms with E-state index in [1.54, 1.807) is 6.92 Å². The fourth-order valence-corrected chi connectivity index (χ4v) is 10.6. The quantitative estimate of drug-likeness (QED) is 0.00272. The number of ether oxygens (including phenoxy) is 10. The van der Waals surface area contributed by atoms with E-state index in [-0.39, 0.29) is 115 Å². The van der Waals surface area contributed by atoms with E-state index in [0.29, 0.717) is 51.9 Å². The first kappa shape index (κ1) is 109. The van der Waals surface area contributed by atoms with Gasteiger partial charge in [0.25, 0.3) is 11.7 Å². The van der Waals surface area contributed by atoms with Crippen molar-refractivity contribution < 1.29 is 120 Å². The molecule has 686 valence electrons. The fourth-order valence-electron chi connectivity index (χ4n) is 9.51. The van der Waals surface area contributed by atoms with E-state index in [0.717, 1.165) is 34.9 Å². The normalized spacial score (nSPS) is 14.8. The second-order valence-electron chi connectivity index (χ2n) is 24.5. The number of nitro benzene ring substituents is 1. The molecule has 8 aromatic rings. The van der Waals surface area contributed by atoms with Gasteiger partial charge in [0.05, 0.1) is 94.9 Å². The van der Waals surface area contributed by atoms with E-state index in [4.69, 9.17) is 90.3 Å². The molecule has 2 saturated heterocycles. The van der Waals surface area contributed by atoms with E-state index in [1.165, 1.54) is 93.9 Å². The van der Waals surface area contributed by atoms with Crippen LogP contribution in [0.2, 0.25) is 0 Å². The number of halogens is 1. The van der Waals surface area contributed by atoms with Crippen molar-refractivity contribution in [3.05, 3.63) is 229 Å². The molecule has 2 aliphatic rings. The summed E-state index contributed by atoms with van der Waals surface area (Å²) in [6, 6.07) is 20.9. The number of hydrogen-bond acceptors (Lipinski definition) is 39. The molecule has 5 N–H and O–H groups in total. The lowest BCUT2D eigenvalue weighted by Gasteiger charge is -2.27. The zero-order valence-corrected chi connectivity index (χ0v) is 70.3. The third-order valence-corrected chi connectivity index (χ3v) is 16.5. The summed E-state index contributed by atoms with van der Waals surface area (Å²) < 4.78 is 88.1. The standard InChI is InChI=1S/C17H17N7O9S.C11H14N6O5.C10H11N3O2.C10H12O3.C8H18O3.C6H5N3O2.C5H9N3O3.C3H7N3O2.ClH/c1-12(25)32-10-14(11-33-34(30,31)16-5-3-2-4-15(16)23(26)27)22-9-13(19-20-22)8-21-7-6-18-17(21)24(28)29;1-8(19)22-7-10(6-18)16-5-9(13-14-16)4-15-3-2-12-11(15)17(20)21;11-13-12-9-6-14-10(15-7-9)8-4-2-1-3-5-8;11-9-6-12-10(13-7-9)8-4-2-1-3-5-8;1-5-9-8(4,10-6-2)11-7-3;1-2-4-8-5-3-7-6(8)9(10)11;1-4(10)11-3-5(2-9)7-8-6;4-6-5-3(1-7)2-8;/h2-7,9,14H,8,10-11H2,1H3;2-3,5,10,18H,4,6-7H2,1H3;1-5,9-10H,6-7H2;1-5,9-11H,6-7H2;5-7H2,1-4H3;1,3,5H,4H2;5,9H,2-3H2,1H3;3,7-8H,1-2H2;1H. The lowest BCUT2D eigenvalue weighted by atomic mass is 10.2. The number of nitro groups is 4. The maximum absolute atomic E-state index is 12.6. The average Bonchev–Trinajstić information content (AvgIpc) is 0.889. The summed E-state index contributed by atoms with van der Waals surface area (Å²) in [5.41, 5.74) is 25.9. The van der Waals surface area contributed by atoms with Crippen molar-refractivity contribution in [2.24, 2.45) is 15.3 Å². The van der Waals surface area contributed by atoms with Gasteiger partial charge in [-0.1, -0.05) is 119 Å². The molecule has 2 aliphatic heterocycles. The molecule has 0 bridgehead atoms. The summed E-state index contributed by atoms with van der Waals surface area (Å²) in [6.45, 7) is 12.4. The predicted molar refractivity (Wildman–Crippen MR) is 434 cm³/mol. The number of imidazole rings is 3. The van der Waals surface area contributed by atoms with Crippen LogP contribution in [-0.4, -0.2) is 259 Å². The van der Waals surface area contributed by atoms with Crippen LogP contribution in [0.15, 0.2) is 155 Å². The molecule has 3 aromatic carbocycles. The Hall–Kier alpha value is -13.2. The zero-order valence-electron chi connectivity index (χ0n) is 68.7. The minimum Gasteiger partial charge on any atom is -0.465 e. The number of terminal acetylenes is 1. The average molecular weight is 1820 g/mol. The van der Waals surface area contributed by atoms with Crippen LogP contribution in [0, 0.1) is 52.8 Å². The second kappa shape index (κ2) is 60.3. The molecule has 5 aromatic heterocycles. The molecule has 56 heteroatoms. The highest BCUT2D eigenvalue weighted by molar-refractivity contribution is 7.87. The highest BCUT2D eigenvalue weighted by Gasteiger charge is 2.31. The first-order valence-electron chi connectivity index (χ1n) is 36.8. The van der Waals surface area contributed by atoms with Crippen molar-refractivity contribution >= 4 is 64.0 Å². The van der Waals surface area contributed by atoms with Crippen molar-refractivity contribution in [1.82, 2.24) is 58.6 Å². The van der Waals surface area contributed by atoms with Crippen molar-refractivity contribution in [1.29, 1.82) is 0 Å². The number of esters is 3. The number of nitrogens with zero attached hydrogens (tertiary/aromatic N) is 25. The molecule has 3 atom stereocenters. The number of aromatic nitrogens is 12. The van der Waals surface area contributed by atoms with Crippen LogP contribution in [0.3, 0.4) is 0 Å². The van der Waals surface area contributed by atoms with Gasteiger partial charge in [0.2, 0.25) is 0 Å². The van der Waals surface area contributed by atoms with Gasteiger partial charge < -0.3 is 103 Å². The maximum Gasteiger partial charge on any atom is 0.435 e. The molecule has 0 spiro atoms. The monoisotopic (exact) mass is 1820 g/mol. The SMILES string of the molecule is C#CCn1ccnc1[N+](=O)[O-].CC(=O)OCC(CO)N=[N+]=[N-].CC(=O)OCC(CO)n1cc(Cn2ccnc2[N+](=O)[O-])nn1.CC(=O)OCC(COS(=O)(=O)c1ccccc1[N+](=O)[O-])n1cc(Cn2ccnc2[N+](=O)[O-])nn1.CCOC(C)(OCC)OCC.Cl.OC1COC(c2ccccc2)OC1.[N-]=[N+]=NC(CO)CO.[N-]=[N+]=NC1COC(c2ccccc2)OC1. The first-order chi connectivity index (χ1) is 59.8. The molecule has 10 rings (SSSR count). The number of azide groups is 3. The smallest absolute Gasteiger partial charge is 0.435 e. The molecule has 0 radical (unpaired) electrons. The number of benzene rings is 3. The number of para-hydroxylation sites is 1. The number of aliphatic hydroxyl groups excluding tert-OH is 5. The molecular weight excluding hydrogens is 1720 g/mol. The molecule has 0 aliphatic carbocycles. The van der Waals surface area contributed by atoms with E-state index in [2.05, 4.69) is 76.3 Å². The molecule has 7 heterocycles. The topological polar surface area (TPSA) is 722 Å².